The van der Waals surface area contributed by atoms with Crippen LogP contribution in [0.4, 0.5) is 0 Å². The van der Waals surface area contributed by atoms with Crippen LogP contribution >= 0.6 is 11.6 Å². The molecule has 3 aliphatic rings. The molecule has 0 amide bonds. The zero-order valence-electron chi connectivity index (χ0n) is 8.88. The van der Waals surface area contributed by atoms with Gasteiger partial charge < -0.3 is 24.4 Å². The van der Waals surface area contributed by atoms with Crippen molar-refractivity contribution in [2.45, 2.75) is 36.1 Å². The number of hydrogen-bond donors (Lipinski definition) is 2. The highest BCUT2D eigenvalue weighted by Gasteiger charge is 2.67. The van der Waals surface area contributed by atoms with E-state index in [0.717, 1.165) is 0 Å². The van der Waals surface area contributed by atoms with Crippen LogP contribution in [-0.2, 0) is 14.2 Å². The summed E-state index contributed by atoms with van der Waals surface area (Å²) in [7, 11) is 1.55. The molecule has 7 atom stereocenters. The van der Waals surface area contributed by atoms with Crippen LogP contribution in [0.25, 0.3) is 0 Å². The maximum atomic E-state index is 10.4. The number of aliphatic hydroxyl groups is 2. The first-order valence-electron chi connectivity index (χ1n) is 5.42. The number of alkyl halides is 1. The predicted molar refractivity (Wildman–Crippen MR) is 53.8 cm³/mol. The quantitative estimate of drug-likeness (QED) is 0.625. The first kappa shape index (κ1) is 11.2. The van der Waals surface area contributed by atoms with E-state index in [1.165, 1.54) is 0 Å². The largest absolute Gasteiger partial charge is 0.391 e. The summed E-state index contributed by atoms with van der Waals surface area (Å²) >= 11 is 6.09. The Morgan fingerprint density at radius 3 is 2.94 bits per heavy atom. The van der Waals surface area contributed by atoms with Crippen molar-refractivity contribution in [2.24, 2.45) is 11.8 Å². The average molecular weight is 251 g/mol. The first-order chi connectivity index (χ1) is 7.58. The minimum Gasteiger partial charge on any atom is -0.391 e. The lowest BCUT2D eigenvalue weighted by molar-refractivity contribution is -0.274. The van der Waals surface area contributed by atoms with Crippen LogP contribution in [0.2, 0.25) is 0 Å². The maximum Gasteiger partial charge on any atom is 0.166 e. The van der Waals surface area contributed by atoms with Gasteiger partial charge in [0.15, 0.2) is 12.6 Å². The van der Waals surface area contributed by atoms with Crippen molar-refractivity contribution >= 4 is 11.6 Å². The van der Waals surface area contributed by atoms with Gasteiger partial charge in [0.2, 0.25) is 0 Å². The zero-order chi connectivity index (χ0) is 11.5. The van der Waals surface area contributed by atoms with Crippen LogP contribution < -0.4 is 0 Å². The van der Waals surface area contributed by atoms with E-state index in [0.29, 0.717) is 6.42 Å². The Kier molecular flexibility index (Phi) is 2.48. The van der Waals surface area contributed by atoms with Crippen molar-refractivity contribution in [2.75, 3.05) is 13.7 Å². The molecular weight excluding hydrogens is 236 g/mol. The predicted octanol–water partition coefficient (Wildman–Crippen LogP) is -0.319. The van der Waals surface area contributed by atoms with Crippen molar-refractivity contribution in [3.8, 4) is 0 Å². The van der Waals surface area contributed by atoms with Crippen molar-refractivity contribution in [1.29, 1.82) is 0 Å². The van der Waals surface area contributed by atoms with Gasteiger partial charge in [0, 0.05) is 25.4 Å². The van der Waals surface area contributed by atoms with Crippen LogP contribution in [0.5, 0.6) is 0 Å². The summed E-state index contributed by atoms with van der Waals surface area (Å²) in [6.07, 6.45) is -1.12. The van der Waals surface area contributed by atoms with Crippen molar-refractivity contribution in [1.82, 2.24) is 0 Å². The Balaban J connectivity index is 1.93. The standard InChI is InChI=1S/C10H15ClO5/c1-14-5-2-4-6-9(16-5)15-3-10(6,13)8(11)7(4)12/h4-9,12-13H,2-3H2,1H3/t4-,5+,6-,7+,8-,9+,10-/m1/s1. The Bertz CT molecular complexity index is 301. The number of ether oxygens (including phenoxy) is 3. The molecule has 0 radical (unpaired) electrons. The van der Waals surface area contributed by atoms with Gasteiger partial charge in [-0.25, -0.2) is 0 Å². The summed E-state index contributed by atoms with van der Waals surface area (Å²) in [5.74, 6) is -0.380. The molecule has 0 bridgehead atoms. The van der Waals surface area contributed by atoms with E-state index in [9.17, 15) is 10.2 Å². The molecule has 5 nitrogen and oxygen atoms in total. The van der Waals surface area contributed by atoms with E-state index < -0.39 is 29.7 Å². The van der Waals surface area contributed by atoms with Gasteiger partial charge >= 0.3 is 0 Å². The van der Waals surface area contributed by atoms with Gasteiger partial charge in [-0.2, -0.15) is 0 Å². The molecule has 6 heteroatoms. The third-order valence-corrected chi connectivity index (χ3v) is 4.68. The van der Waals surface area contributed by atoms with E-state index in [-0.39, 0.29) is 18.4 Å². The van der Waals surface area contributed by atoms with Gasteiger partial charge in [-0.15, -0.1) is 11.6 Å². The number of hydrogen-bond acceptors (Lipinski definition) is 5. The van der Waals surface area contributed by atoms with Crippen LogP contribution in [-0.4, -0.2) is 53.6 Å². The molecule has 2 heterocycles. The van der Waals surface area contributed by atoms with Crippen LogP contribution in [0.15, 0.2) is 0 Å². The Morgan fingerprint density at radius 1 is 1.50 bits per heavy atom. The maximum absolute atomic E-state index is 10.4. The summed E-state index contributed by atoms with van der Waals surface area (Å²) in [4.78, 5) is 0. The Labute approximate surface area is 98.2 Å². The number of methoxy groups -OCH3 is 1. The molecular formula is C10H15ClO5. The zero-order valence-corrected chi connectivity index (χ0v) is 9.63. The summed E-state index contributed by atoms with van der Waals surface area (Å²) in [6.45, 7) is 0.112. The molecule has 0 unspecified atom stereocenters. The summed E-state index contributed by atoms with van der Waals surface area (Å²) in [5.41, 5.74) is -1.17. The van der Waals surface area contributed by atoms with Crippen LogP contribution in [0.1, 0.15) is 6.42 Å². The van der Waals surface area contributed by atoms with Crippen LogP contribution in [0.3, 0.4) is 0 Å². The van der Waals surface area contributed by atoms with E-state index in [1.54, 1.807) is 7.11 Å². The normalized spacial score (nSPS) is 60.0. The summed E-state index contributed by atoms with van der Waals surface area (Å²) < 4.78 is 16.1. The van der Waals surface area contributed by atoms with Gasteiger partial charge in [0.05, 0.1) is 18.1 Å². The van der Waals surface area contributed by atoms with Crippen molar-refractivity contribution in [3.63, 3.8) is 0 Å². The molecule has 1 aliphatic carbocycles. The van der Waals surface area contributed by atoms with Gasteiger partial charge in [0.25, 0.3) is 0 Å². The lowest BCUT2D eigenvalue weighted by Gasteiger charge is -2.36. The van der Waals surface area contributed by atoms with Gasteiger partial charge in [-0.3, -0.25) is 0 Å². The minimum absolute atomic E-state index is 0.112. The smallest absolute Gasteiger partial charge is 0.166 e. The van der Waals surface area contributed by atoms with E-state index in [2.05, 4.69) is 0 Å². The molecule has 2 aliphatic heterocycles. The SMILES string of the molecule is CO[C@@H]1C[C@H]2[C@H](O)[C@@H](Cl)[C@@]3(O)CO[C@@H](O1)[C@@H]23. The van der Waals surface area contributed by atoms with Gasteiger partial charge in [-0.05, 0) is 0 Å². The van der Waals surface area contributed by atoms with Crippen molar-refractivity contribution in [3.05, 3.63) is 0 Å². The molecule has 0 aromatic rings. The fourth-order valence-electron chi connectivity index (χ4n) is 3.20. The number of rotatable bonds is 1. The molecule has 3 rings (SSSR count). The fraction of sp³-hybridized carbons (Fsp3) is 1.00. The third kappa shape index (κ3) is 1.24. The highest BCUT2D eigenvalue weighted by molar-refractivity contribution is 6.22. The van der Waals surface area contributed by atoms with Gasteiger partial charge in [-0.1, -0.05) is 0 Å². The first-order valence-corrected chi connectivity index (χ1v) is 5.86. The molecule has 0 aromatic heterocycles. The minimum atomic E-state index is -1.17. The monoisotopic (exact) mass is 250 g/mol. The highest BCUT2D eigenvalue weighted by Crippen LogP contribution is 2.54. The molecule has 0 aromatic carbocycles. The van der Waals surface area contributed by atoms with Crippen LogP contribution in [0, 0.1) is 11.8 Å². The Morgan fingerprint density at radius 2 is 2.25 bits per heavy atom. The molecule has 0 spiro atoms. The second-order valence-corrected chi connectivity index (χ2v) is 5.26. The average Bonchev–Trinajstić information content (AvgIpc) is 2.73. The molecule has 92 valence electrons. The number of halogens is 1. The summed E-state index contributed by atoms with van der Waals surface area (Å²) in [5, 5.41) is 19.7. The fourth-order valence-corrected chi connectivity index (χ4v) is 3.60. The van der Waals surface area contributed by atoms with Crippen molar-refractivity contribution < 1.29 is 24.4 Å². The highest BCUT2D eigenvalue weighted by atomic mass is 35.5. The molecule has 16 heavy (non-hydrogen) atoms. The second kappa shape index (κ2) is 3.54. The summed E-state index contributed by atoms with van der Waals surface area (Å²) in [6, 6.07) is 0. The van der Waals surface area contributed by atoms with E-state index in [1.807, 2.05) is 0 Å². The molecule has 2 N–H and O–H groups in total. The number of aliphatic hydroxyl groups excluding tert-OH is 1. The lowest BCUT2D eigenvalue weighted by atomic mass is 9.84. The van der Waals surface area contributed by atoms with E-state index >= 15 is 0 Å². The topological polar surface area (TPSA) is 68.2 Å². The van der Waals surface area contributed by atoms with Gasteiger partial charge in [0.1, 0.15) is 5.60 Å². The molecule has 3 fully saturated rings. The second-order valence-electron chi connectivity index (χ2n) is 4.79. The third-order valence-electron chi connectivity index (χ3n) is 4.04. The molecule has 2 saturated heterocycles. The Hall–Kier alpha value is 0.0900. The van der Waals surface area contributed by atoms with E-state index in [4.69, 9.17) is 25.8 Å². The molecule has 1 saturated carbocycles. The lowest BCUT2D eigenvalue weighted by Crippen LogP contribution is -2.46.